The third kappa shape index (κ3) is 5.14. The van der Waals surface area contributed by atoms with Gasteiger partial charge in [0.2, 0.25) is 0 Å². The molecule has 4 nitrogen and oxygen atoms in total. The number of likely N-dealkylation sites (tertiary alicyclic amines) is 1. The lowest BCUT2D eigenvalue weighted by Crippen LogP contribution is -2.36. The van der Waals surface area contributed by atoms with Gasteiger partial charge in [0.15, 0.2) is 0 Å². The third-order valence-corrected chi connectivity index (χ3v) is 2.82. The number of carbonyl (C=O) groups excluding carboxylic acids is 1. The van der Waals surface area contributed by atoms with Gasteiger partial charge in [-0.15, -0.1) is 0 Å². The molecule has 0 unspecified atom stereocenters. The summed E-state index contributed by atoms with van der Waals surface area (Å²) in [6.07, 6.45) is 3.12. The third-order valence-electron chi connectivity index (χ3n) is 2.82. The van der Waals surface area contributed by atoms with Crippen LogP contribution in [0.1, 0.15) is 26.2 Å². The van der Waals surface area contributed by atoms with Gasteiger partial charge in [0, 0.05) is 19.1 Å². The predicted molar refractivity (Wildman–Crippen MR) is 59.8 cm³/mol. The van der Waals surface area contributed by atoms with Gasteiger partial charge in [0.25, 0.3) is 0 Å². The smallest absolute Gasteiger partial charge is 0.307 e. The molecule has 0 amide bonds. The SMILES string of the molecule is COC(=O)C[C@H](C)NCCN1CCCC1. The molecule has 0 aromatic carbocycles. The van der Waals surface area contributed by atoms with Gasteiger partial charge in [0.05, 0.1) is 13.5 Å². The van der Waals surface area contributed by atoms with Crippen molar-refractivity contribution in [3.63, 3.8) is 0 Å². The Kier molecular flexibility index (Phi) is 5.65. The highest BCUT2D eigenvalue weighted by molar-refractivity contribution is 5.69. The van der Waals surface area contributed by atoms with Crippen LogP contribution in [-0.2, 0) is 9.53 Å². The maximum Gasteiger partial charge on any atom is 0.307 e. The second kappa shape index (κ2) is 6.80. The van der Waals surface area contributed by atoms with Crippen molar-refractivity contribution in [3.8, 4) is 0 Å². The van der Waals surface area contributed by atoms with Gasteiger partial charge in [-0.3, -0.25) is 4.79 Å². The summed E-state index contributed by atoms with van der Waals surface area (Å²) in [5.74, 6) is -0.142. The molecule has 0 aromatic heterocycles. The molecular formula is C11H22N2O2. The molecule has 0 spiro atoms. The minimum atomic E-state index is -0.142. The minimum Gasteiger partial charge on any atom is -0.469 e. The zero-order valence-corrected chi connectivity index (χ0v) is 9.79. The van der Waals surface area contributed by atoms with Crippen LogP contribution in [0.25, 0.3) is 0 Å². The summed E-state index contributed by atoms with van der Waals surface area (Å²) >= 11 is 0. The molecule has 1 aliphatic rings. The highest BCUT2D eigenvalue weighted by atomic mass is 16.5. The Morgan fingerprint density at radius 2 is 2.13 bits per heavy atom. The van der Waals surface area contributed by atoms with Gasteiger partial charge < -0.3 is 15.0 Å². The topological polar surface area (TPSA) is 41.6 Å². The Labute approximate surface area is 92.0 Å². The first-order valence-electron chi connectivity index (χ1n) is 5.75. The maximum atomic E-state index is 11.0. The second-order valence-electron chi connectivity index (χ2n) is 4.18. The number of nitrogens with one attached hydrogen (secondary N) is 1. The lowest BCUT2D eigenvalue weighted by atomic mass is 10.2. The first-order chi connectivity index (χ1) is 7.22. The number of hydrogen-bond donors (Lipinski definition) is 1. The normalized spacial score (nSPS) is 19.1. The highest BCUT2D eigenvalue weighted by Gasteiger charge is 2.12. The van der Waals surface area contributed by atoms with E-state index in [1.807, 2.05) is 6.92 Å². The maximum absolute atomic E-state index is 11.0. The van der Waals surface area contributed by atoms with Gasteiger partial charge in [-0.2, -0.15) is 0 Å². The zero-order valence-electron chi connectivity index (χ0n) is 9.79. The zero-order chi connectivity index (χ0) is 11.1. The van der Waals surface area contributed by atoms with E-state index in [4.69, 9.17) is 0 Å². The van der Waals surface area contributed by atoms with Crippen molar-refractivity contribution in [1.29, 1.82) is 0 Å². The summed E-state index contributed by atoms with van der Waals surface area (Å²) in [6.45, 7) is 6.52. The van der Waals surface area contributed by atoms with Gasteiger partial charge in [-0.1, -0.05) is 0 Å². The Morgan fingerprint density at radius 3 is 2.73 bits per heavy atom. The Bertz CT molecular complexity index is 191. The molecule has 1 heterocycles. The molecular weight excluding hydrogens is 192 g/mol. The van der Waals surface area contributed by atoms with Gasteiger partial charge in [0.1, 0.15) is 0 Å². The quantitative estimate of drug-likeness (QED) is 0.658. The fourth-order valence-electron chi connectivity index (χ4n) is 1.88. The average molecular weight is 214 g/mol. The fraction of sp³-hybridized carbons (Fsp3) is 0.909. The Hall–Kier alpha value is -0.610. The molecule has 1 aliphatic heterocycles. The summed E-state index contributed by atoms with van der Waals surface area (Å²) < 4.78 is 4.61. The average Bonchev–Trinajstić information content (AvgIpc) is 2.70. The fourth-order valence-corrected chi connectivity index (χ4v) is 1.88. The second-order valence-corrected chi connectivity index (χ2v) is 4.18. The Balaban J connectivity index is 2.00. The largest absolute Gasteiger partial charge is 0.469 e. The minimum absolute atomic E-state index is 0.142. The van der Waals surface area contributed by atoms with E-state index in [0.717, 1.165) is 13.1 Å². The number of carbonyl (C=O) groups is 1. The number of rotatable bonds is 6. The monoisotopic (exact) mass is 214 g/mol. The van der Waals surface area contributed by atoms with Crippen LogP contribution < -0.4 is 5.32 Å². The van der Waals surface area contributed by atoms with Crippen molar-refractivity contribution < 1.29 is 9.53 Å². The first-order valence-corrected chi connectivity index (χ1v) is 5.75. The van der Waals surface area contributed by atoms with Gasteiger partial charge >= 0.3 is 5.97 Å². The van der Waals surface area contributed by atoms with Crippen molar-refractivity contribution in [3.05, 3.63) is 0 Å². The first kappa shape index (κ1) is 12.5. The van der Waals surface area contributed by atoms with Crippen molar-refractivity contribution in [1.82, 2.24) is 10.2 Å². The lowest BCUT2D eigenvalue weighted by Gasteiger charge is -2.17. The van der Waals surface area contributed by atoms with E-state index in [-0.39, 0.29) is 12.0 Å². The van der Waals surface area contributed by atoms with Crippen LogP contribution in [0.2, 0.25) is 0 Å². The summed E-state index contributed by atoms with van der Waals surface area (Å²) in [6, 6.07) is 0.208. The van der Waals surface area contributed by atoms with E-state index in [1.54, 1.807) is 0 Å². The molecule has 1 fully saturated rings. The van der Waals surface area contributed by atoms with Crippen LogP contribution >= 0.6 is 0 Å². The van der Waals surface area contributed by atoms with E-state index < -0.39 is 0 Å². The number of hydrogen-bond acceptors (Lipinski definition) is 4. The van der Waals surface area contributed by atoms with Gasteiger partial charge in [-0.25, -0.2) is 0 Å². The van der Waals surface area contributed by atoms with Gasteiger partial charge in [-0.05, 0) is 32.9 Å². The highest BCUT2D eigenvalue weighted by Crippen LogP contribution is 2.05. The van der Waals surface area contributed by atoms with E-state index in [0.29, 0.717) is 6.42 Å². The van der Waals surface area contributed by atoms with Crippen molar-refractivity contribution >= 4 is 5.97 Å². The summed E-state index contributed by atoms with van der Waals surface area (Å²) in [5.41, 5.74) is 0. The molecule has 0 aliphatic carbocycles. The lowest BCUT2D eigenvalue weighted by molar-refractivity contribution is -0.141. The van der Waals surface area contributed by atoms with Crippen LogP contribution in [0.15, 0.2) is 0 Å². The molecule has 15 heavy (non-hydrogen) atoms. The molecule has 1 N–H and O–H groups in total. The standard InChI is InChI=1S/C11H22N2O2/c1-10(9-11(14)15-2)12-5-8-13-6-3-4-7-13/h10,12H,3-9H2,1-2H3/t10-/m0/s1. The summed E-state index contributed by atoms with van der Waals surface area (Å²) in [5, 5.41) is 3.33. The van der Waals surface area contributed by atoms with Crippen LogP contribution in [0, 0.1) is 0 Å². The predicted octanol–water partition coefficient (Wildman–Crippen LogP) is 0.623. The van der Waals surface area contributed by atoms with Crippen LogP contribution in [-0.4, -0.2) is 50.2 Å². The number of ether oxygens (including phenoxy) is 1. The molecule has 0 bridgehead atoms. The molecule has 1 atom stereocenters. The molecule has 88 valence electrons. The van der Waals surface area contributed by atoms with E-state index in [2.05, 4.69) is 15.0 Å². The van der Waals surface area contributed by atoms with Crippen LogP contribution in [0.3, 0.4) is 0 Å². The van der Waals surface area contributed by atoms with E-state index >= 15 is 0 Å². The van der Waals surface area contributed by atoms with Crippen LogP contribution in [0.5, 0.6) is 0 Å². The van der Waals surface area contributed by atoms with Crippen molar-refractivity contribution in [2.45, 2.75) is 32.2 Å². The molecule has 0 radical (unpaired) electrons. The van der Waals surface area contributed by atoms with E-state index in [1.165, 1.54) is 33.0 Å². The van der Waals surface area contributed by atoms with Crippen LogP contribution in [0.4, 0.5) is 0 Å². The Morgan fingerprint density at radius 1 is 1.47 bits per heavy atom. The molecule has 1 rings (SSSR count). The van der Waals surface area contributed by atoms with Crippen molar-refractivity contribution in [2.24, 2.45) is 0 Å². The molecule has 4 heteroatoms. The number of esters is 1. The number of methoxy groups -OCH3 is 1. The summed E-state index contributed by atoms with van der Waals surface area (Å²) in [7, 11) is 1.43. The van der Waals surface area contributed by atoms with E-state index in [9.17, 15) is 4.79 Å². The molecule has 0 aromatic rings. The van der Waals surface area contributed by atoms with Crippen molar-refractivity contribution in [2.75, 3.05) is 33.3 Å². The molecule has 1 saturated heterocycles. The summed E-state index contributed by atoms with van der Waals surface area (Å²) in [4.78, 5) is 13.4. The molecule has 0 saturated carbocycles. The number of nitrogens with zero attached hydrogens (tertiary/aromatic N) is 1.